The number of anilines is 2. The van der Waals surface area contributed by atoms with Crippen molar-refractivity contribution in [3.05, 3.63) is 23.8 Å². The van der Waals surface area contributed by atoms with E-state index in [2.05, 4.69) is 10.1 Å². The molecule has 1 fully saturated rings. The van der Waals surface area contributed by atoms with E-state index in [1.807, 2.05) is 0 Å². The first-order valence-corrected chi connectivity index (χ1v) is 8.18. The van der Waals surface area contributed by atoms with E-state index in [9.17, 15) is 13.2 Å². The van der Waals surface area contributed by atoms with E-state index in [1.165, 1.54) is 7.11 Å². The van der Waals surface area contributed by atoms with Crippen molar-refractivity contribution in [2.24, 2.45) is 0 Å². The lowest BCUT2D eigenvalue weighted by molar-refractivity contribution is 0.0601. The summed E-state index contributed by atoms with van der Waals surface area (Å²) in [5.41, 5.74) is 7.43. The standard InChI is InChI=1S/C13H18N2O4S/c1-19-13(16)9-2-3-11(14)12(8-9)15-10-4-6-20(17,18)7-5-10/h2-3,8,10,15H,4-7,14H2,1H3. The average molecular weight is 298 g/mol. The number of nitrogens with two attached hydrogens (primary N) is 1. The first kappa shape index (κ1) is 14.6. The van der Waals surface area contributed by atoms with Crippen molar-refractivity contribution in [1.82, 2.24) is 0 Å². The third kappa shape index (κ3) is 3.41. The molecule has 6 nitrogen and oxygen atoms in total. The Morgan fingerprint density at radius 3 is 2.60 bits per heavy atom. The summed E-state index contributed by atoms with van der Waals surface area (Å²) in [5, 5.41) is 3.21. The van der Waals surface area contributed by atoms with Crippen molar-refractivity contribution < 1.29 is 17.9 Å². The molecular weight excluding hydrogens is 280 g/mol. The number of hydrogen-bond acceptors (Lipinski definition) is 6. The molecule has 20 heavy (non-hydrogen) atoms. The Hall–Kier alpha value is -1.76. The number of hydrogen-bond donors (Lipinski definition) is 2. The van der Waals surface area contributed by atoms with Gasteiger partial charge in [0.05, 0.1) is 35.6 Å². The van der Waals surface area contributed by atoms with Crippen LogP contribution >= 0.6 is 0 Å². The van der Waals surface area contributed by atoms with Gasteiger partial charge < -0.3 is 15.8 Å². The van der Waals surface area contributed by atoms with Gasteiger partial charge in [-0.2, -0.15) is 0 Å². The molecule has 1 saturated heterocycles. The lowest BCUT2D eigenvalue weighted by Crippen LogP contribution is -2.32. The van der Waals surface area contributed by atoms with Crippen LogP contribution in [0.15, 0.2) is 18.2 Å². The van der Waals surface area contributed by atoms with Crippen molar-refractivity contribution in [2.75, 3.05) is 29.7 Å². The molecule has 0 aliphatic carbocycles. The van der Waals surface area contributed by atoms with Crippen LogP contribution in [-0.2, 0) is 14.6 Å². The van der Waals surface area contributed by atoms with E-state index >= 15 is 0 Å². The van der Waals surface area contributed by atoms with Crippen LogP contribution in [0.3, 0.4) is 0 Å². The summed E-state index contributed by atoms with van der Waals surface area (Å²) < 4.78 is 27.4. The summed E-state index contributed by atoms with van der Waals surface area (Å²) in [7, 11) is -1.57. The molecule has 3 N–H and O–H groups in total. The molecule has 0 amide bonds. The first-order chi connectivity index (χ1) is 9.41. The highest BCUT2D eigenvalue weighted by molar-refractivity contribution is 7.91. The van der Waals surface area contributed by atoms with Crippen LogP contribution in [0.5, 0.6) is 0 Å². The molecule has 1 aliphatic heterocycles. The third-order valence-electron chi connectivity index (χ3n) is 3.39. The van der Waals surface area contributed by atoms with Gasteiger partial charge in [0.15, 0.2) is 0 Å². The number of nitrogens with one attached hydrogen (secondary N) is 1. The number of nitrogen functional groups attached to an aromatic ring is 1. The Morgan fingerprint density at radius 2 is 2.00 bits per heavy atom. The van der Waals surface area contributed by atoms with Gasteiger partial charge in [0.25, 0.3) is 0 Å². The van der Waals surface area contributed by atoms with Crippen LogP contribution in [-0.4, -0.2) is 39.0 Å². The first-order valence-electron chi connectivity index (χ1n) is 6.36. The van der Waals surface area contributed by atoms with E-state index in [0.29, 0.717) is 29.8 Å². The fourth-order valence-electron chi connectivity index (χ4n) is 2.18. The van der Waals surface area contributed by atoms with Crippen LogP contribution in [0.25, 0.3) is 0 Å². The van der Waals surface area contributed by atoms with Gasteiger partial charge >= 0.3 is 5.97 Å². The molecular formula is C13H18N2O4S. The minimum Gasteiger partial charge on any atom is -0.465 e. The van der Waals surface area contributed by atoms with Crippen LogP contribution in [0.4, 0.5) is 11.4 Å². The quantitative estimate of drug-likeness (QED) is 0.639. The maximum atomic E-state index is 11.5. The summed E-state index contributed by atoms with van der Waals surface area (Å²) >= 11 is 0. The molecule has 0 bridgehead atoms. The molecule has 1 heterocycles. The Labute approximate surface area is 118 Å². The second kappa shape index (κ2) is 5.70. The number of benzene rings is 1. The molecule has 0 atom stereocenters. The number of rotatable bonds is 3. The molecule has 7 heteroatoms. The number of carbonyl (C=O) groups excluding carboxylic acids is 1. The minimum atomic E-state index is -2.89. The zero-order chi connectivity index (χ0) is 14.8. The molecule has 0 unspecified atom stereocenters. The van der Waals surface area contributed by atoms with Crippen molar-refractivity contribution in [3.8, 4) is 0 Å². The van der Waals surface area contributed by atoms with Crippen molar-refractivity contribution in [3.63, 3.8) is 0 Å². The van der Waals surface area contributed by atoms with E-state index in [-0.39, 0.29) is 17.5 Å². The minimum absolute atomic E-state index is 0.0497. The third-order valence-corrected chi connectivity index (χ3v) is 5.10. The SMILES string of the molecule is COC(=O)c1ccc(N)c(NC2CCS(=O)(=O)CC2)c1. The van der Waals surface area contributed by atoms with Gasteiger partial charge in [0.1, 0.15) is 9.84 Å². The summed E-state index contributed by atoms with van der Waals surface area (Å²) in [6.07, 6.45) is 1.09. The molecule has 110 valence electrons. The fraction of sp³-hybridized carbons (Fsp3) is 0.462. The van der Waals surface area contributed by atoms with E-state index < -0.39 is 15.8 Å². The van der Waals surface area contributed by atoms with Crippen LogP contribution in [0.1, 0.15) is 23.2 Å². The van der Waals surface area contributed by atoms with Crippen molar-refractivity contribution in [1.29, 1.82) is 0 Å². The summed E-state index contributed by atoms with van der Waals surface area (Å²) in [5.74, 6) is -0.0676. The highest BCUT2D eigenvalue weighted by atomic mass is 32.2. The molecule has 0 radical (unpaired) electrons. The molecule has 1 aromatic rings. The summed E-state index contributed by atoms with van der Waals surface area (Å²) in [6, 6.07) is 4.91. The second-order valence-electron chi connectivity index (χ2n) is 4.86. The predicted molar refractivity (Wildman–Crippen MR) is 77.5 cm³/mol. The van der Waals surface area contributed by atoms with Gasteiger partial charge in [0.2, 0.25) is 0 Å². The van der Waals surface area contributed by atoms with Crippen LogP contribution < -0.4 is 11.1 Å². The molecule has 0 saturated carbocycles. The predicted octanol–water partition coefficient (Wildman–Crippen LogP) is 1.04. The van der Waals surface area contributed by atoms with Gasteiger partial charge in [-0.15, -0.1) is 0 Å². The Balaban J connectivity index is 2.11. The Morgan fingerprint density at radius 1 is 1.35 bits per heavy atom. The second-order valence-corrected chi connectivity index (χ2v) is 7.17. The molecule has 2 rings (SSSR count). The van der Waals surface area contributed by atoms with Crippen molar-refractivity contribution >= 4 is 27.2 Å². The van der Waals surface area contributed by atoms with Gasteiger partial charge in [-0.25, -0.2) is 13.2 Å². The fourth-order valence-corrected chi connectivity index (χ4v) is 3.67. The van der Waals surface area contributed by atoms with Crippen LogP contribution in [0, 0.1) is 0 Å². The van der Waals surface area contributed by atoms with Crippen molar-refractivity contribution in [2.45, 2.75) is 18.9 Å². The molecule has 1 aromatic carbocycles. The highest BCUT2D eigenvalue weighted by Gasteiger charge is 2.24. The zero-order valence-electron chi connectivity index (χ0n) is 11.3. The Kier molecular flexibility index (Phi) is 4.17. The molecule has 0 aromatic heterocycles. The largest absolute Gasteiger partial charge is 0.465 e. The van der Waals surface area contributed by atoms with Gasteiger partial charge in [-0.1, -0.05) is 0 Å². The smallest absolute Gasteiger partial charge is 0.337 e. The average Bonchev–Trinajstić information content (AvgIpc) is 2.42. The summed E-state index contributed by atoms with van der Waals surface area (Å²) in [4.78, 5) is 11.5. The topological polar surface area (TPSA) is 98.5 Å². The maximum Gasteiger partial charge on any atom is 0.337 e. The monoisotopic (exact) mass is 298 g/mol. The van der Waals surface area contributed by atoms with Crippen LogP contribution in [0.2, 0.25) is 0 Å². The Bertz CT molecular complexity index is 599. The summed E-state index contributed by atoms with van der Waals surface area (Å²) in [6.45, 7) is 0. The van der Waals surface area contributed by atoms with Gasteiger partial charge in [-0.3, -0.25) is 0 Å². The maximum absolute atomic E-state index is 11.5. The highest BCUT2D eigenvalue weighted by Crippen LogP contribution is 2.24. The number of esters is 1. The number of sulfone groups is 1. The number of carbonyl (C=O) groups is 1. The number of ether oxygens (including phenoxy) is 1. The zero-order valence-corrected chi connectivity index (χ0v) is 12.1. The molecule has 0 spiro atoms. The van der Waals surface area contributed by atoms with Gasteiger partial charge in [0, 0.05) is 6.04 Å². The van der Waals surface area contributed by atoms with E-state index in [1.54, 1.807) is 18.2 Å². The number of methoxy groups -OCH3 is 1. The molecule has 1 aliphatic rings. The normalized spacial score (nSPS) is 18.4. The van der Waals surface area contributed by atoms with E-state index in [0.717, 1.165) is 0 Å². The lowest BCUT2D eigenvalue weighted by atomic mass is 10.1. The van der Waals surface area contributed by atoms with Gasteiger partial charge in [-0.05, 0) is 31.0 Å². The van der Waals surface area contributed by atoms with E-state index in [4.69, 9.17) is 5.73 Å². The lowest BCUT2D eigenvalue weighted by Gasteiger charge is -2.24.